The lowest BCUT2D eigenvalue weighted by Gasteiger charge is -2.32. The minimum atomic E-state index is -0.574. The first kappa shape index (κ1) is 32.7. The van der Waals surface area contributed by atoms with Crippen LogP contribution in [-0.4, -0.2) is 41.6 Å². The van der Waals surface area contributed by atoms with E-state index in [1.54, 1.807) is 0 Å². The fraction of sp³-hybridized carbons (Fsp3) is 0.478. The summed E-state index contributed by atoms with van der Waals surface area (Å²) < 4.78 is 42.0. The maximum Gasteiger partial charge on any atom is 0.658 e. The lowest BCUT2D eigenvalue weighted by Crippen LogP contribution is -2.58. The van der Waals surface area contributed by atoms with Crippen LogP contribution in [-0.2, 0) is 18.6 Å². The molecule has 0 atom stereocenters. The van der Waals surface area contributed by atoms with Crippen LogP contribution in [0.3, 0.4) is 0 Å². The van der Waals surface area contributed by atoms with Crippen molar-refractivity contribution in [3.05, 3.63) is 48.5 Å². The summed E-state index contributed by atoms with van der Waals surface area (Å²) in [5, 5.41) is 0. The zero-order chi connectivity index (χ0) is 25.3. The van der Waals surface area contributed by atoms with Crippen LogP contribution >= 0.6 is 0 Å². The van der Waals surface area contributed by atoms with Crippen molar-refractivity contribution in [1.82, 2.24) is 0 Å². The van der Waals surface area contributed by atoms with Gasteiger partial charge in [-0.25, -0.2) is 0 Å². The van der Waals surface area contributed by atoms with Crippen LogP contribution in [0, 0.1) is 0 Å². The predicted molar refractivity (Wildman–Crippen MR) is 145 cm³/mol. The summed E-state index contributed by atoms with van der Waals surface area (Å²) in [5.41, 5.74) is 0. The summed E-state index contributed by atoms with van der Waals surface area (Å²) in [6.07, 6.45) is 0. The first-order chi connectivity index (χ1) is 16.9. The van der Waals surface area contributed by atoms with Crippen molar-refractivity contribution in [2.45, 2.75) is 62.8 Å². The monoisotopic (exact) mass is 488 g/mol. The van der Waals surface area contributed by atoms with Gasteiger partial charge < -0.3 is 37.2 Å². The summed E-state index contributed by atoms with van der Waals surface area (Å²) in [5.74, 6) is 2.85. The van der Waals surface area contributed by atoms with E-state index in [4.69, 9.17) is 37.2 Å². The first-order valence-electron chi connectivity index (χ1n) is 12.2. The Labute approximate surface area is 213 Å². The normalized spacial score (nSPS) is 14.6. The molecule has 8 nitrogen and oxygen atoms in total. The zero-order valence-corrected chi connectivity index (χ0v) is 21.6. The van der Waals surface area contributed by atoms with Crippen molar-refractivity contribution in [1.29, 1.82) is 0 Å². The Morgan fingerprint density at radius 1 is 0.429 bits per heavy atom. The number of rotatable bonds is 2. The minimum Gasteiger partial charge on any atom is -0.524 e. The third kappa shape index (κ3) is 9.04. The van der Waals surface area contributed by atoms with Gasteiger partial charge in [-0.1, -0.05) is 87.1 Å². The largest absolute Gasteiger partial charge is 0.658 e. The van der Waals surface area contributed by atoms with Gasteiger partial charge in [-0.15, -0.1) is 0 Å². The molecule has 0 unspecified atom stereocenters. The molecule has 0 radical (unpaired) electrons. The number of hydrogen-bond donors (Lipinski definition) is 0. The molecule has 0 N–H and O–H groups in total. The molecule has 0 bridgehead atoms. The van der Waals surface area contributed by atoms with E-state index in [0.29, 0.717) is 36.6 Å². The summed E-state index contributed by atoms with van der Waals surface area (Å²) in [7, 11) is -1.67. The predicted octanol–water partition coefficient (Wildman–Crippen LogP) is 5.77. The number of benzene rings is 2. The molecule has 2 aromatic rings. The van der Waals surface area contributed by atoms with E-state index in [9.17, 15) is 0 Å². The molecule has 4 aliphatic rings. The van der Waals surface area contributed by atoms with Crippen molar-refractivity contribution >= 4 is 28.0 Å². The van der Waals surface area contributed by atoms with E-state index in [-0.39, 0.29) is 21.4 Å². The Morgan fingerprint density at radius 3 is 0.829 bits per heavy atom. The average Bonchev–Trinajstić information content (AvgIpc) is 3.50. The van der Waals surface area contributed by atoms with Crippen molar-refractivity contribution in [2.24, 2.45) is 0 Å². The third-order valence-corrected chi connectivity index (χ3v) is 4.04. The number of para-hydroxylation sites is 4. The second-order valence-corrected chi connectivity index (χ2v) is 5.74. The lowest BCUT2D eigenvalue weighted by atomic mass is 9.46. The van der Waals surface area contributed by atoms with E-state index in [1.807, 2.05) is 104 Å². The molecule has 2 saturated heterocycles. The van der Waals surface area contributed by atoms with Crippen molar-refractivity contribution < 1.29 is 37.2 Å². The quantitative estimate of drug-likeness (QED) is 0.494. The van der Waals surface area contributed by atoms with Crippen LogP contribution in [0.2, 0.25) is 0 Å². The van der Waals surface area contributed by atoms with Gasteiger partial charge in [0.25, 0.3) is 0 Å². The van der Waals surface area contributed by atoms with Crippen LogP contribution in [0.5, 0.6) is 23.0 Å². The molecular formula is C23H40B4O8. The van der Waals surface area contributed by atoms with Gasteiger partial charge >= 0.3 is 28.0 Å². The molecule has 192 valence electrons. The SMILES string of the molecule is C.C1OB(B2OCO2)O1.CC.CC.CC.CC.c1ccc2c(c1)OB(B1Oc3ccccc3O1)O2. The van der Waals surface area contributed by atoms with Gasteiger partial charge in [0.15, 0.2) is 0 Å². The van der Waals surface area contributed by atoms with Gasteiger partial charge in [0.1, 0.15) is 36.6 Å². The fourth-order valence-corrected chi connectivity index (χ4v) is 2.67. The van der Waals surface area contributed by atoms with Crippen molar-refractivity contribution in [3.63, 3.8) is 0 Å². The highest BCUT2D eigenvalue weighted by Crippen LogP contribution is 2.37. The summed E-state index contributed by atoms with van der Waals surface area (Å²) in [4.78, 5) is 0. The Kier molecular flexibility index (Phi) is 17.8. The van der Waals surface area contributed by atoms with Crippen molar-refractivity contribution in [3.8, 4) is 23.0 Å². The van der Waals surface area contributed by atoms with Gasteiger partial charge in [-0.2, -0.15) is 0 Å². The van der Waals surface area contributed by atoms with Crippen molar-refractivity contribution in [2.75, 3.05) is 13.6 Å². The molecule has 6 rings (SSSR count). The molecular weight excluding hydrogens is 447 g/mol. The van der Waals surface area contributed by atoms with Crippen LogP contribution in [0.4, 0.5) is 0 Å². The molecule has 4 heterocycles. The maximum absolute atomic E-state index is 5.65. The second-order valence-electron chi connectivity index (χ2n) is 5.74. The molecule has 0 saturated carbocycles. The Hall–Kier alpha value is -2.26. The molecule has 0 spiro atoms. The highest BCUT2D eigenvalue weighted by Gasteiger charge is 2.55. The van der Waals surface area contributed by atoms with Gasteiger partial charge in [-0.3, -0.25) is 0 Å². The van der Waals surface area contributed by atoms with E-state index in [0.717, 1.165) is 0 Å². The van der Waals surface area contributed by atoms with E-state index in [1.165, 1.54) is 0 Å². The summed E-state index contributed by atoms with van der Waals surface area (Å²) in [6, 6.07) is 15.0. The van der Waals surface area contributed by atoms with Gasteiger partial charge in [0.2, 0.25) is 0 Å². The smallest absolute Gasteiger partial charge is 0.524 e. The zero-order valence-electron chi connectivity index (χ0n) is 21.6. The first-order valence-corrected chi connectivity index (χ1v) is 12.2. The fourth-order valence-electron chi connectivity index (χ4n) is 2.67. The molecule has 2 fully saturated rings. The molecule has 0 aromatic heterocycles. The average molecular weight is 488 g/mol. The molecule has 4 aliphatic heterocycles. The molecule has 35 heavy (non-hydrogen) atoms. The minimum absolute atomic E-state index is 0. The van der Waals surface area contributed by atoms with Gasteiger partial charge in [0.05, 0.1) is 0 Å². The second kappa shape index (κ2) is 19.0. The van der Waals surface area contributed by atoms with Gasteiger partial charge in [-0.05, 0) is 24.3 Å². The van der Waals surface area contributed by atoms with E-state index >= 15 is 0 Å². The molecule has 2 aromatic carbocycles. The molecule has 12 heteroatoms. The summed E-state index contributed by atoms with van der Waals surface area (Å²) in [6.45, 7) is 16.7. The molecule has 0 aliphatic carbocycles. The Bertz CT molecular complexity index is 678. The number of fused-ring (bicyclic) bond motifs is 2. The molecule has 0 amide bonds. The Morgan fingerprint density at radius 2 is 0.657 bits per heavy atom. The lowest BCUT2D eigenvalue weighted by molar-refractivity contribution is -0.0454. The van der Waals surface area contributed by atoms with Crippen LogP contribution < -0.4 is 18.6 Å². The third-order valence-electron chi connectivity index (χ3n) is 4.04. The van der Waals surface area contributed by atoms with E-state index < -0.39 is 14.0 Å². The van der Waals surface area contributed by atoms with Crippen LogP contribution in [0.15, 0.2) is 48.5 Å². The van der Waals surface area contributed by atoms with Crippen LogP contribution in [0.1, 0.15) is 62.8 Å². The summed E-state index contributed by atoms with van der Waals surface area (Å²) >= 11 is 0. The topological polar surface area (TPSA) is 73.8 Å². The van der Waals surface area contributed by atoms with E-state index in [2.05, 4.69) is 0 Å². The van der Waals surface area contributed by atoms with Crippen LogP contribution in [0.25, 0.3) is 0 Å². The maximum atomic E-state index is 5.65. The Balaban J connectivity index is 0.000000575. The standard InChI is InChI=1S/C12H8B2O4.C2H4B2O4.4C2H6.CH4/c1-2-6-10-9(5-1)15-13(16-10)14-17-11-7-3-4-8-12(11)18-14;1-5-3(6-1)4-7-2-8-4;4*1-2;/h1-8H;1-2H2;4*1-2H3;1H4. The number of hydrogen-bond acceptors (Lipinski definition) is 8. The highest BCUT2D eigenvalue weighted by molar-refractivity contribution is 7.12. The van der Waals surface area contributed by atoms with Gasteiger partial charge in [0, 0.05) is 0 Å². The highest BCUT2D eigenvalue weighted by atomic mass is 16.8.